The van der Waals surface area contributed by atoms with Crippen LogP contribution < -0.4 is 0 Å². The fourth-order valence-corrected chi connectivity index (χ4v) is 1.10. The first-order valence-electron chi connectivity index (χ1n) is 4.75. The van der Waals surface area contributed by atoms with Gasteiger partial charge in [-0.1, -0.05) is 30.3 Å². The third-order valence-corrected chi connectivity index (χ3v) is 1.90. The first-order valence-corrected chi connectivity index (χ1v) is 4.75. The van der Waals surface area contributed by atoms with E-state index in [-0.39, 0.29) is 12.8 Å². The SMILES string of the molecule is O=C(CCc1ccccc1)OC(=O)C(F)(F)F. The van der Waals surface area contributed by atoms with Gasteiger partial charge in [0, 0.05) is 0 Å². The van der Waals surface area contributed by atoms with Crippen molar-refractivity contribution < 1.29 is 27.5 Å². The average Bonchev–Trinajstić information content (AvgIpc) is 2.26. The topological polar surface area (TPSA) is 43.4 Å². The molecule has 0 unspecified atom stereocenters. The van der Waals surface area contributed by atoms with Crippen molar-refractivity contribution in [2.75, 3.05) is 0 Å². The molecule has 1 aromatic rings. The van der Waals surface area contributed by atoms with Crippen molar-refractivity contribution in [3.05, 3.63) is 35.9 Å². The Bertz CT molecular complexity index is 398. The molecule has 1 rings (SSSR count). The Morgan fingerprint density at radius 1 is 1.12 bits per heavy atom. The van der Waals surface area contributed by atoms with Crippen LogP contribution in [0.5, 0.6) is 0 Å². The highest BCUT2D eigenvalue weighted by Gasteiger charge is 2.42. The van der Waals surface area contributed by atoms with E-state index in [4.69, 9.17) is 0 Å². The summed E-state index contributed by atoms with van der Waals surface area (Å²) in [7, 11) is 0. The molecular weight excluding hydrogens is 237 g/mol. The number of aryl methyl sites for hydroxylation is 1. The van der Waals surface area contributed by atoms with Gasteiger partial charge in [0.05, 0.1) is 6.42 Å². The van der Waals surface area contributed by atoms with E-state index >= 15 is 0 Å². The molecule has 0 aromatic heterocycles. The number of carbonyl (C=O) groups excluding carboxylic acids is 2. The summed E-state index contributed by atoms with van der Waals surface area (Å²) in [6.45, 7) is 0. The minimum atomic E-state index is -5.14. The summed E-state index contributed by atoms with van der Waals surface area (Å²) >= 11 is 0. The largest absolute Gasteiger partial charge is 0.491 e. The molecule has 6 heteroatoms. The Morgan fingerprint density at radius 3 is 2.24 bits per heavy atom. The maximum atomic E-state index is 11.7. The van der Waals surface area contributed by atoms with Gasteiger partial charge in [-0.15, -0.1) is 0 Å². The van der Waals surface area contributed by atoms with Gasteiger partial charge in [-0.3, -0.25) is 4.79 Å². The van der Waals surface area contributed by atoms with Gasteiger partial charge in [0.15, 0.2) is 0 Å². The summed E-state index contributed by atoms with van der Waals surface area (Å²) in [6.07, 6.45) is -5.18. The highest BCUT2D eigenvalue weighted by atomic mass is 19.4. The second kappa shape index (κ2) is 5.47. The first kappa shape index (κ1) is 13.2. The van der Waals surface area contributed by atoms with Gasteiger partial charge in [0.25, 0.3) is 0 Å². The fraction of sp³-hybridized carbons (Fsp3) is 0.273. The number of hydrogen-bond acceptors (Lipinski definition) is 3. The van der Waals surface area contributed by atoms with Crippen LogP contribution in [0.1, 0.15) is 12.0 Å². The molecule has 0 radical (unpaired) electrons. The normalized spacial score (nSPS) is 11.0. The molecule has 0 fully saturated rings. The van der Waals surface area contributed by atoms with Crippen LogP contribution in [0.15, 0.2) is 30.3 Å². The lowest BCUT2D eigenvalue weighted by Gasteiger charge is -2.05. The van der Waals surface area contributed by atoms with Crippen molar-refractivity contribution in [2.24, 2.45) is 0 Å². The second-order valence-electron chi connectivity index (χ2n) is 3.24. The lowest BCUT2D eigenvalue weighted by molar-refractivity contribution is -0.201. The third-order valence-electron chi connectivity index (χ3n) is 1.90. The lowest BCUT2D eigenvalue weighted by atomic mass is 10.1. The van der Waals surface area contributed by atoms with Crippen LogP contribution >= 0.6 is 0 Å². The first-order chi connectivity index (χ1) is 7.89. The quantitative estimate of drug-likeness (QED) is 0.606. The van der Waals surface area contributed by atoms with E-state index in [0.29, 0.717) is 0 Å². The van der Waals surface area contributed by atoms with Crippen LogP contribution in [0.25, 0.3) is 0 Å². The Hall–Kier alpha value is -1.85. The van der Waals surface area contributed by atoms with Gasteiger partial charge in [0.1, 0.15) is 0 Å². The van der Waals surface area contributed by atoms with Crippen LogP contribution in [0.3, 0.4) is 0 Å². The zero-order chi connectivity index (χ0) is 12.9. The number of hydrogen-bond donors (Lipinski definition) is 0. The molecule has 0 heterocycles. The highest BCUT2D eigenvalue weighted by Crippen LogP contribution is 2.17. The van der Waals surface area contributed by atoms with E-state index in [1.165, 1.54) is 0 Å². The molecule has 0 N–H and O–H groups in total. The molecule has 0 spiro atoms. The highest BCUT2D eigenvalue weighted by molar-refractivity contribution is 5.88. The Kier molecular flexibility index (Phi) is 4.25. The fourth-order valence-electron chi connectivity index (χ4n) is 1.10. The van der Waals surface area contributed by atoms with Gasteiger partial charge in [-0.05, 0) is 12.0 Å². The van der Waals surface area contributed by atoms with Gasteiger partial charge < -0.3 is 4.74 Å². The predicted octanol–water partition coefficient (Wildman–Crippen LogP) is 2.25. The minimum Gasteiger partial charge on any atom is -0.386 e. The van der Waals surface area contributed by atoms with Crippen LogP contribution in [0, 0.1) is 0 Å². The predicted molar refractivity (Wildman–Crippen MR) is 51.9 cm³/mol. The van der Waals surface area contributed by atoms with E-state index in [1.807, 2.05) is 0 Å². The van der Waals surface area contributed by atoms with E-state index < -0.39 is 18.1 Å². The third kappa shape index (κ3) is 4.67. The van der Waals surface area contributed by atoms with Crippen molar-refractivity contribution >= 4 is 11.9 Å². The van der Waals surface area contributed by atoms with Gasteiger partial charge in [-0.25, -0.2) is 4.79 Å². The molecule has 0 saturated heterocycles. The zero-order valence-corrected chi connectivity index (χ0v) is 8.66. The molecule has 1 aromatic carbocycles. The van der Waals surface area contributed by atoms with Crippen molar-refractivity contribution in [1.82, 2.24) is 0 Å². The number of ether oxygens (including phenoxy) is 1. The number of carbonyl (C=O) groups is 2. The number of esters is 2. The molecule has 17 heavy (non-hydrogen) atoms. The van der Waals surface area contributed by atoms with Crippen molar-refractivity contribution in [3.8, 4) is 0 Å². The number of benzene rings is 1. The molecule has 0 aliphatic heterocycles. The molecule has 0 aliphatic rings. The standard InChI is InChI=1S/C11H9F3O3/c12-11(13,14)10(16)17-9(15)7-6-8-4-2-1-3-5-8/h1-5H,6-7H2. The van der Waals surface area contributed by atoms with E-state index in [9.17, 15) is 22.8 Å². The summed E-state index contributed by atoms with van der Waals surface area (Å²) in [5, 5.41) is 0. The average molecular weight is 246 g/mol. The monoisotopic (exact) mass is 246 g/mol. The molecule has 0 atom stereocenters. The van der Waals surface area contributed by atoms with E-state index in [0.717, 1.165) is 5.56 Å². The van der Waals surface area contributed by atoms with Gasteiger partial charge in [-0.2, -0.15) is 13.2 Å². The van der Waals surface area contributed by atoms with E-state index in [2.05, 4.69) is 4.74 Å². The van der Waals surface area contributed by atoms with Crippen LogP contribution in [0.4, 0.5) is 13.2 Å². The van der Waals surface area contributed by atoms with Crippen molar-refractivity contribution in [1.29, 1.82) is 0 Å². The van der Waals surface area contributed by atoms with Crippen LogP contribution in [-0.4, -0.2) is 18.1 Å². The number of halogens is 3. The molecule has 0 saturated carbocycles. The van der Waals surface area contributed by atoms with Gasteiger partial charge in [0.2, 0.25) is 0 Å². The van der Waals surface area contributed by atoms with Crippen molar-refractivity contribution in [2.45, 2.75) is 19.0 Å². The number of alkyl halides is 3. The second-order valence-corrected chi connectivity index (χ2v) is 3.24. The molecule has 0 aliphatic carbocycles. The van der Waals surface area contributed by atoms with Crippen molar-refractivity contribution in [3.63, 3.8) is 0 Å². The molecule has 3 nitrogen and oxygen atoms in total. The maximum absolute atomic E-state index is 11.7. The van der Waals surface area contributed by atoms with Crippen LogP contribution in [-0.2, 0) is 20.7 Å². The summed E-state index contributed by atoms with van der Waals surface area (Å²) in [5.74, 6) is -3.66. The minimum absolute atomic E-state index is 0.227. The summed E-state index contributed by atoms with van der Waals surface area (Å²) in [6, 6.07) is 8.69. The molecule has 0 bridgehead atoms. The Morgan fingerprint density at radius 2 is 1.71 bits per heavy atom. The zero-order valence-electron chi connectivity index (χ0n) is 8.66. The maximum Gasteiger partial charge on any atom is 0.491 e. The lowest BCUT2D eigenvalue weighted by Crippen LogP contribution is -2.28. The van der Waals surface area contributed by atoms with Gasteiger partial charge >= 0.3 is 18.1 Å². The van der Waals surface area contributed by atoms with E-state index in [1.54, 1.807) is 30.3 Å². The molecule has 92 valence electrons. The summed E-state index contributed by atoms with van der Waals surface area (Å²) < 4.78 is 38.9. The molecule has 0 amide bonds. The number of rotatable bonds is 3. The summed E-state index contributed by atoms with van der Waals surface area (Å²) in [5.41, 5.74) is 0.781. The molecular formula is C11H9F3O3. The Labute approximate surface area is 95.2 Å². The summed E-state index contributed by atoms with van der Waals surface area (Å²) in [4.78, 5) is 21.2. The smallest absolute Gasteiger partial charge is 0.386 e. The Balaban J connectivity index is 2.39. The van der Waals surface area contributed by atoms with Crippen LogP contribution in [0.2, 0.25) is 0 Å².